The molecule has 18 heavy (non-hydrogen) atoms. The van der Waals surface area contributed by atoms with Crippen LogP contribution >= 0.6 is 11.3 Å². The maximum Gasteiger partial charge on any atom is 0.324 e. The van der Waals surface area contributed by atoms with Gasteiger partial charge in [-0.3, -0.25) is 0 Å². The molecule has 0 fully saturated rings. The van der Waals surface area contributed by atoms with Crippen molar-refractivity contribution in [3.8, 4) is 12.0 Å². The Morgan fingerprint density at radius 1 is 1.17 bits per heavy atom. The fraction of sp³-hybridized carbons (Fsp3) is 0.364. The lowest BCUT2D eigenvalue weighted by Gasteiger charge is -2.06. The van der Waals surface area contributed by atoms with E-state index < -0.39 is 0 Å². The van der Waals surface area contributed by atoms with Crippen molar-refractivity contribution in [3.05, 3.63) is 21.9 Å². The first kappa shape index (κ1) is 12.6. The van der Waals surface area contributed by atoms with Crippen LogP contribution in [0.3, 0.4) is 0 Å². The molecule has 96 valence electrons. The summed E-state index contributed by atoms with van der Waals surface area (Å²) in [6, 6.07) is 2.54. The van der Waals surface area contributed by atoms with Crippen LogP contribution in [0.4, 0.5) is 5.95 Å². The van der Waals surface area contributed by atoms with Crippen LogP contribution in [0.1, 0.15) is 10.4 Å². The largest absolute Gasteiger partial charge is 0.467 e. The Balaban J connectivity index is 2.11. The molecule has 1 N–H and O–H groups in total. The molecule has 6 nitrogen and oxygen atoms in total. The molecule has 2 rings (SSSR count). The van der Waals surface area contributed by atoms with E-state index in [-0.39, 0.29) is 12.0 Å². The lowest BCUT2D eigenvalue weighted by atomic mass is 10.3. The number of thiophene rings is 1. The smallest absolute Gasteiger partial charge is 0.324 e. The molecule has 0 saturated heterocycles. The lowest BCUT2D eigenvalue weighted by Crippen LogP contribution is -2.07. The third-order valence-corrected chi connectivity index (χ3v) is 3.36. The SMILES string of the molecule is COc1nc(NCc2sccc2C)nc(OC)n1. The minimum atomic E-state index is 0.229. The lowest BCUT2D eigenvalue weighted by molar-refractivity contribution is 0.341. The number of nitrogens with zero attached hydrogens (tertiary/aromatic N) is 3. The van der Waals surface area contributed by atoms with Crippen LogP contribution in [0, 0.1) is 6.92 Å². The Labute approximate surface area is 109 Å². The van der Waals surface area contributed by atoms with Crippen molar-refractivity contribution in [2.24, 2.45) is 0 Å². The fourth-order valence-electron chi connectivity index (χ4n) is 1.34. The van der Waals surface area contributed by atoms with Gasteiger partial charge in [-0.15, -0.1) is 16.3 Å². The predicted octanol–water partition coefficient (Wildman–Crippen LogP) is 1.87. The number of hydrogen-bond acceptors (Lipinski definition) is 7. The quantitative estimate of drug-likeness (QED) is 0.891. The average Bonchev–Trinajstić information content (AvgIpc) is 2.81. The summed E-state index contributed by atoms with van der Waals surface area (Å²) in [5, 5.41) is 5.18. The molecule has 0 bridgehead atoms. The number of rotatable bonds is 5. The Bertz CT molecular complexity index is 507. The fourth-order valence-corrected chi connectivity index (χ4v) is 2.19. The standard InChI is InChI=1S/C11H14N4O2S/c1-7-4-5-18-8(7)6-12-9-13-10(16-2)15-11(14-9)17-3/h4-5H,6H2,1-3H3,(H,12,13,14,15). The van der Waals surface area contributed by atoms with Crippen molar-refractivity contribution in [2.75, 3.05) is 19.5 Å². The van der Waals surface area contributed by atoms with E-state index in [0.717, 1.165) is 0 Å². The molecule has 2 aromatic rings. The number of aryl methyl sites for hydroxylation is 1. The number of nitrogens with one attached hydrogen (secondary N) is 1. The zero-order valence-corrected chi connectivity index (χ0v) is 11.2. The van der Waals surface area contributed by atoms with Crippen molar-refractivity contribution in [3.63, 3.8) is 0 Å². The van der Waals surface area contributed by atoms with Gasteiger partial charge in [-0.25, -0.2) is 0 Å². The number of anilines is 1. The van der Waals surface area contributed by atoms with Crippen LogP contribution in [0.25, 0.3) is 0 Å². The molecule has 0 aliphatic heterocycles. The molecule has 2 heterocycles. The topological polar surface area (TPSA) is 69.2 Å². The highest BCUT2D eigenvalue weighted by atomic mass is 32.1. The van der Waals surface area contributed by atoms with Crippen LogP contribution < -0.4 is 14.8 Å². The number of aromatic nitrogens is 3. The average molecular weight is 266 g/mol. The molecule has 0 aliphatic rings. The zero-order valence-electron chi connectivity index (χ0n) is 10.4. The Morgan fingerprint density at radius 2 is 1.83 bits per heavy atom. The third-order valence-electron chi connectivity index (χ3n) is 2.33. The third kappa shape index (κ3) is 2.86. The van der Waals surface area contributed by atoms with Gasteiger partial charge in [-0.1, -0.05) is 0 Å². The van der Waals surface area contributed by atoms with Gasteiger partial charge in [0.1, 0.15) is 0 Å². The highest BCUT2D eigenvalue weighted by molar-refractivity contribution is 7.10. The predicted molar refractivity (Wildman–Crippen MR) is 69.3 cm³/mol. The van der Waals surface area contributed by atoms with Crippen LogP contribution in [-0.4, -0.2) is 29.2 Å². The molecule has 0 amide bonds. The Morgan fingerprint density at radius 3 is 2.33 bits per heavy atom. The van der Waals surface area contributed by atoms with Gasteiger partial charge in [0.05, 0.1) is 20.8 Å². The summed E-state index contributed by atoms with van der Waals surface area (Å²) in [4.78, 5) is 13.4. The summed E-state index contributed by atoms with van der Waals surface area (Å²) in [6.07, 6.45) is 0. The second-order valence-corrected chi connectivity index (χ2v) is 4.51. The molecular weight excluding hydrogens is 252 g/mol. The summed E-state index contributed by atoms with van der Waals surface area (Å²) in [5.74, 6) is 0.437. The van der Waals surface area contributed by atoms with Crippen molar-refractivity contribution in [1.82, 2.24) is 15.0 Å². The molecule has 0 spiro atoms. The first-order chi connectivity index (χ1) is 8.72. The molecule has 0 unspecified atom stereocenters. The summed E-state index contributed by atoms with van der Waals surface area (Å²) in [5.41, 5.74) is 1.25. The van der Waals surface area contributed by atoms with E-state index in [1.807, 2.05) is 0 Å². The molecule has 7 heteroatoms. The van der Waals surface area contributed by atoms with E-state index >= 15 is 0 Å². The van der Waals surface area contributed by atoms with Crippen molar-refractivity contribution in [2.45, 2.75) is 13.5 Å². The van der Waals surface area contributed by atoms with Crippen LogP contribution in [0.15, 0.2) is 11.4 Å². The molecular formula is C11H14N4O2S. The van der Waals surface area contributed by atoms with E-state index in [1.54, 1.807) is 11.3 Å². The van der Waals surface area contributed by atoms with E-state index in [0.29, 0.717) is 12.5 Å². The molecule has 0 radical (unpaired) electrons. The van der Waals surface area contributed by atoms with E-state index in [2.05, 4.69) is 38.6 Å². The summed E-state index contributed by atoms with van der Waals surface area (Å²) in [6.45, 7) is 2.74. The van der Waals surface area contributed by atoms with Gasteiger partial charge in [-0.2, -0.15) is 9.97 Å². The van der Waals surface area contributed by atoms with Crippen LogP contribution in [0.5, 0.6) is 12.0 Å². The first-order valence-corrected chi connectivity index (χ1v) is 6.21. The minimum absolute atomic E-state index is 0.229. The highest BCUT2D eigenvalue weighted by Crippen LogP contribution is 2.18. The monoisotopic (exact) mass is 266 g/mol. The number of hydrogen-bond donors (Lipinski definition) is 1. The minimum Gasteiger partial charge on any atom is -0.467 e. The van der Waals surface area contributed by atoms with E-state index in [1.165, 1.54) is 24.7 Å². The van der Waals surface area contributed by atoms with Gasteiger partial charge in [0, 0.05) is 4.88 Å². The molecule has 0 aromatic carbocycles. The van der Waals surface area contributed by atoms with Gasteiger partial charge in [-0.05, 0) is 23.9 Å². The van der Waals surface area contributed by atoms with Crippen molar-refractivity contribution < 1.29 is 9.47 Å². The normalized spacial score (nSPS) is 10.2. The van der Waals surface area contributed by atoms with Gasteiger partial charge in [0.15, 0.2) is 0 Å². The molecule has 0 saturated carbocycles. The number of methoxy groups -OCH3 is 2. The summed E-state index contributed by atoms with van der Waals surface area (Å²) in [7, 11) is 3.00. The van der Waals surface area contributed by atoms with Gasteiger partial charge in [0.2, 0.25) is 5.95 Å². The van der Waals surface area contributed by atoms with Gasteiger partial charge >= 0.3 is 12.0 Å². The molecule has 0 atom stereocenters. The summed E-state index contributed by atoms with van der Waals surface area (Å²) >= 11 is 1.69. The second-order valence-electron chi connectivity index (χ2n) is 3.51. The van der Waals surface area contributed by atoms with Gasteiger partial charge in [0.25, 0.3) is 0 Å². The Kier molecular flexibility index (Phi) is 3.93. The van der Waals surface area contributed by atoms with Crippen LogP contribution in [-0.2, 0) is 6.54 Å². The maximum atomic E-state index is 4.98. The zero-order chi connectivity index (χ0) is 13.0. The van der Waals surface area contributed by atoms with Crippen LogP contribution in [0.2, 0.25) is 0 Å². The molecule has 2 aromatic heterocycles. The second kappa shape index (κ2) is 5.63. The van der Waals surface area contributed by atoms with E-state index in [4.69, 9.17) is 9.47 Å². The maximum absolute atomic E-state index is 4.98. The Hall–Kier alpha value is -1.89. The summed E-state index contributed by atoms with van der Waals surface area (Å²) < 4.78 is 9.96. The number of ether oxygens (including phenoxy) is 2. The molecule has 0 aliphatic carbocycles. The first-order valence-electron chi connectivity index (χ1n) is 5.34. The van der Waals surface area contributed by atoms with Crippen molar-refractivity contribution >= 4 is 17.3 Å². The highest BCUT2D eigenvalue weighted by Gasteiger charge is 2.07. The van der Waals surface area contributed by atoms with E-state index in [9.17, 15) is 0 Å². The van der Waals surface area contributed by atoms with Crippen molar-refractivity contribution in [1.29, 1.82) is 0 Å². The van der Waals surface area contributed by atoms with Gasteiger partial charge < -0.3 is 14.8 Å².